The van der Waals surface area contributed by atoms with Gasteiger partial charge in [-0.2, -0.15) is 0 Å². The maximum absolute atomic E-state index is 13.7. The molecule has 4 unspecified atom stereocenters. The Kier molecular flexibility index (Phi) is 2.21. The van der Waals surface area contributed by atoms with Crippen LogP contribution in [0.25, 0.3) is 0 Å². The SMILES string of the molecule is Fc1cc(F)c2c(c1)C(C1CC3CCC1C3)CN2. The van der Waals surface area contributed by atoms with Gasteiger partial charge in [0.25, 0.3) is 0 Å². The molecule has 1 aromatic rings. The van der Waals surface area contributed by atoms with E-state index in [1.54, 1.807) is 0 Å². The second kappa shape index (κ2) is 3.69. The number of benzene rings is 1. The lowest BCUT2D eigenvalue weighted by Crippen LogP contribution is -2.20. The average Bonchev–Trinajstić information content (AvgIpc) is 3.00. The fraction of sp³-hybridized carbons (Fsp3) is 0.600. The van der Waals surface area contributed by atoms with Crippen molar-refractivity contribution in [3.05, 3.63) is 29.3 Å². The summed E-state index contributed by atoms with van der Waals surface area (Å²) >= 11 is 0. The van der Waals surface area contributed by atoms with Crippen molar-refractivity contribution in [2.24, 2.45) is 17.8 Å². The maximum atomic E-state index is 13.7. The molecule has 4 rings (SSSR count). The molecule has 1 aromatic carbocycles. The van der Waals surface area contributed by atoms with E-state index < -0.39 is 11.6 Å². The molecule has 2 fully saturated rings. The molecule has 1 nitrogen and oxygen atoms in total. The molecule has 0 aromatic heterocycles. The lowest BCUT2D eigenvalue weighted by molar-refractivity contribution is 0.291. The third-order valence-corrected chi connectivity index (χ3v) is 5.29. The monoisotopic (exact) mass is 249 g/mol. The van der Waals surface area contributed by atoms with Crippen LogP contribution in [0.3, 0.4) is 0 Å². The van der Waals surface area contributed by atoms with Gasteiger partial charge in [0.05, 0.1) is 5.69 Å². The molecule has 2 bridgehead atoms. The Labute approximate surface area is 106 Å². The Morgan fingerprint density at radius 1 is 1.11 bits per heavy atom. The molecule has 1 N–H and O–H groups in total. The van der Waals surface area contributed by atoms with E-state index in [4.69, 9.17) is 0 Å². The number of nitrogens with one attached hydrogen (secondary N) is 1. The van der Waals surface area contributed by atoms with Gasteiger partial charge < -0.3 is 5.32 Å². The molecule has 0 saturated heterocycles. The van der Waals surface area contributed by atoms with Crippen LogP contribution >= 0.6 is 0 Å². The van der Waals surface area contributed by atoms with Gasteiger partial charge >= 0.3 is 0 Å². The third-order valence-electron chi connectivity index (χ3n) is 5.29. The molecule has 2 saturated carbocycles. The molecular formula is C15H17F2N. The molecule has 2 aliphatic carbocycles. The number of halogens is 2. The van der Waals surface area contributed by atoms with Crippen LogP contribution in [0.2, 0.25) is 0 Å². The zero-order valence-corrected chi connectivity index (χ0v) is 10.3. The summed E-state index contributed by atoms with van der Waals surface area (Å²) < 4.78 is 27.1. The molecule has 0 radical (unpaired) electrons. The Morgan fingerprint density at radius 3 is 2.72 bits per heavy atom. The number of fused-ring (bicyclic) bond motifs is 3. The van der Waals surface area contributed by atoms with Crippen molar-refractivity contribution in [1.29, 1.82) is 0 Å². The number of rotatable bonds is 1. The highest BCUT2D eigenvalue weighted by molar-refractivity contribution is 5.59. The van der Waals surface area contributed by atoms with E-state index in [-0.39, 0.29) is 0 Å². The van der Waals surface area contributed by atoms with Crippen LogP contribution in [0, 0.1) is 29.4 Å². The molecule has 1 aliphatic heterocycles. The second-order valence-electron chi connectivity index (χ2n) is 6.18. The quantitative estimate of drug-likeness (QED) is 0.795. The summed E-state index contributed by atoms with van der Waals surface area (Å²) in [4.78, 5) is 0. The third kappa shape index (κ3) is 1.42. The number of anilines is 1. The van der Waals surface area contributed by atoms with E-state index in [1.807, 2.05) is 0 Å². The van der Waals surface area contributed by atoms with Gasteiger partial charge in [-0.1, -0.05) is 6.42 Å². The van der Waals surface area contributed by atoms with E-state index in [2.05, 4.69) is 5.32 Å². The minimum Gasteiger partial charge on any atom is -0.382 e. The van der Waals surface area contributed by atoms with Crippen LogP contribution in [0.4, 0.5) is 14.5 Å². The standard InChI is InChI=1S/C15H17F2N/c16-10-5-12-13(7-18-15(12)14(17)6-10)11-4-8-1-2-9(11)3-8/h5-6,8-9,11,13,18H,1-4,7H2. The number of hydrogen-bond acceptors (Lipinski definition) is 1. The van der Waals surface area contributed by atoms with Crippen molar-refractivity contribution in [1.82, 2.24) is 0 Å². The Balaban J connectivity index is 1.70. The summed E-state index contributed by atoms with van der Waals surface area (Å²) in [7, 11) is 0. The van der Waals surface area contributed by atoms with Crippen molar-refractivity contribution in [3.63, 3.8) is 0 Å². The van der Waals surface area contributed by atoms with Crippen molar-refractivity contribution in [3.8, 4) is 0 Å². The fourth-order valence-electron chi connectivity index (χ4n) is 4.56. The molecule has 18 heavy (non-hydrogen) atoms. The summed E-state index contributed by atoms with van der Waals surface area (Å²) in [5.74, 6) is 1.75. The predicted molar refractivity (Wildman–Crippen MR) is 66.5 cm³/mol. The van der Waals surface area contributed by atoms with E-state index in [0.717, 1.165) is 30.0 Å². The fourth-order valence-corrected chi connectivity index (χ4v) is 4.56. The molecule has 96 valence electrons. The Bertz CT molecular complexity index is 500. The normalized spacial score (nSPS) is 36.8. The predicted octanol–water partition coefficient (Wildman–Crippen LogP) is 3.91. The minimum atomic E-state index is -0.442. The highest BCUT2D eigenvalue weighted by Gasteiger charge is 2.45. The van der Waals surface area contributed by atoms with Gasteiger partial charge in [0.1, 0.15) is 11.6 Å². The van der Waals surface area contributed by atoms with Gasteiger partial charge in [0, 0.05) is 18.5 Å². The van der Waals surface area contributed by atoms with E-state index in [9.17, 15) is 8.78 Å². The van der Waals surface area contributed by atoms with Gasteiger partial charge in [-0.15, -0.1) is 0 Å². The lowest BCUT2D eigenvalue weighted by atomic mass is 9.77. The van der Waals surface area contributed by atoms with Gasteiger partial charge in [-0.3, -0.25) is 0 Å². The van der Waals surface area contributed by atoms with E-state index in [1.165, 1.54) is 31.7 Å². The summed E-state index contributed by atoms with van der Waals surface area (Å²) in [6.07, 6.45) is 5.29. The van der Waals surface area contributed by atoms with Crippen molar-refractivity contribution in [2.45, 2.75) is 31.6 Å². The molecular weight excluding hydrogens is 232 g/mol. The Morgan fingerprint density at radius 2 is 2.00 bits per heavy atom. The zero-order valence-electron chi connectivity index (χ0n) is 10.3. The molecule has 0 amide bonds. The summed E-state index contributed by atoms with van der Waals surface area (Å²) in [5.41, 5.74) is 1.43. The summed E-state index contributed by atoms with van der Waals surface area (Å²) in [6, 6.07) is 2.52. The van der Waals surface area contributed by atoms with Crippen LogP contribution in [-0.2, 0) is 0 Å². The minimum absolute atomic E-state index is 0.320. The molecule has 1 heterocycles. The van der Waals surface area contributed by atoms with Crippen molar-refractivity contribution >= 4 is 5.69 Å². The van der Waals surface area contributed by atoms with Crippen LogP contribution < -0.4 is 5.32 Å². The largest absolute Gasteiger partial charge is 0.382 e. The highest BCUT2D eigenvalue weighted by atomic mass is 19.1. The smallest absolute Gasteiger partial charge is 0.149 e. The zero-order chi connectivity index (χ0) is 12.3. The topological polar surface area (TPSA) is 12.0 Å². The first-order valence-corrected chi connectivity index (χ1v) is 6.95. The molecule has 0 spiro atoms. The first kappa shape index (κ1) is 10.8. The molecule has 3 heteroatoms. The van der Waals surface area contributed by atoms with Crippen LogP contribution in [0.5, 0.6) is 0 Å². The van der Waals surface area contributed by atoms with Crippen LogP contribution in [0.15, 0.2) is 12.1 Å². The van der Waals surface area contributed by atoms with E-state index >= 15 is 0 Å². The van der Waals surface area contributed by atoms with Gasteiger partial charge in [-0.25, -0.2) is 8.78 Å². The molecule has 4 atom stereocenters. The van der Waals surface area contributed by atoms with Crippen molar-refractivity contribution < 1.29 is 8.78 Å². The second-order valence-corrected chi connectivity index (χ2v) is 6.18. The van der Waals surface area contributed by atoms with Crippen LogP contribution in [-0.4, -0.2) is 6.54 Å². The first-order valence-electron chi connectivity index (χ1n) is 6.95. The van der Waals surface area contributed by atoms with Gasteiger partial charge in [0.15, 0.2) is 0 Å². The number of hydrogen-bond donors (Lipinski definition) is 1. The van der Waals surface area contributed by atoms with E-state index in [0.29, 0.717) is 17.5 Å². The van der Waals surface area contributed by atoms with Gasteiger partial charge in [0.2, 0.25) is 0 Å². The highest BCUT2D eigenvalue weighted by Crippen LogP contribution is 2.55. The lowest BCUT2D eigenvalue weighted by Gasteiger charge is -2.27. The molecule has 3 aliphatic rings. The van der Waals surface area contributed by atoms with Gasteiger partial charge in [-0.05, 0) is 48.6 Å². The summed E-state index contributed by atoms with van der Waals surface area (Å²) in [6.45, 7) is 0.781. The average molecular weight is 249 g/mol. The first-order chi connectivity index (χ1) is 8.72. The Hall–Kier alpha value is -1.12. The van der Waals surface area contributed by atoms with Crippen molar-refractivity contribution in [2.75, 3.05) is 11.9 Å². The van der Waals surface area contributed by atoms with Crippen LogP contribution in [0.1, 0.15) is 37.2 Å². The summed E-state index contributed by atoms with van der Waals surface area (Å²) in [5, 5.41) is 3.14. The maximum Gasteiger partial charge on any atom is 0.149 e.